The summed E-state index contributed by atoms with van der Waals surface area (Å²) in [6.07, 6.45) is 2.25. The zero-order chi connectivity index (χ0) is 13.5. The van der Waals surface area contributed by atoms with Gasteiger partial charge in [-0.3, -0.25) is 4.79 Å². The average molecular weight is 244 g/mol. The molecule has 1 atom stereocenters. The van der Waals surface area contributed by atoms with Crippen LogP contribution in [0.25, 0.3) is 0 Å². The summed E-state index contributed by atoms with van der Waals surface area (Å²) >= 11 is 0. The highest BCUT2D eigenvalue weighted by atomic mass is 16.4. The molecule has 5 nitrogen and oxygen atoms in total. The van der Waals surface area contributed by atoms with Crippen molar-refractivity contribution in [1.29, 1.82) is 0 Å². The Balaban J connectivity index is 4.16. The van der Waals surface area contributed by atoms with Crippen molar-refractivity contribution in [2.75, 3.05) is 6.54 Å². The molecule has 0 bridgehead atoms. The lowest BCUT2D eigenvalue weighted by Crippen LogP contribution is -2.42. The number of hydrogen-bond donors (Lipinski definition) is 3. The molecular formula is C12H24N2O3. The number of nitrogens with two attached hydrogens (primary N) is 1. The van der Waals surface area contributed by atoms with Gasteiger partial charge in [0.2, 0.25) is 5.91 Å². The predicted molar refractivity (Wildman–Crippen MR) is 66.5 cm³/mol. The molecule has 0 fully saturated rings. The molecular weight excluding hydrogens is 220 g/mol. The second-order valence-corrected chi connectivity index (χ2v) is 5.48. The molecule has 0 saturated carbocycles. The first kappa shape index (κ1) is 15.9. The van der Waals surface area contributed by atoms with Gasteiger partial charge in [0.15, 0.2) is 0 Å². The van der Waals surface area contributed by atoms with Gasteiger partial charge in [0.1, 0.15) is 6.04 Å². The van der Waals surface area contributed by atoms with Crippen LogP contribution in [0.1, 0.15) is 46.5 Å². The van der Waals surface area contributed by atoms with Crippen LogP contribution in [0.2, 0.25) is 0 Å². The molecule has 1 unspecified atom stereocenters. The minimum absolute atomic E-state index is 0.135. The lowest BCUT2D eigenvalue weighted by Gasteiger charge is -2.20. The van der Waals surface area contributed by atoms with Crippen LogP contribution in [0.4, 0.5) is 0 Å². The highest BCUT2D eigenvalue weighted by molar-refractivity contribution is 5.83. The molecule has 17 heavy (non-hydrogen) atoms. The zero-order valence-electron chi connectivity index (χ0n) is 11.0. The molecule has 100 valence electrons. The maximum Gasteiger partial charge on any atom is 0.326 e. The highest BCUT2D eigenvalue weighted by Gasteiger charge is 2.22. The number of aliphatic carboxylic acids is 1. The summed E-state index contributed by atoms with van der Waals surface area (Å²) in [6, 6.07) is -0.795. The van der Waals surface area contributed by atoms with Gasteiger partial charge in [-0.2, -0.15) is 0 Å². The maximum atomic E-state index is 11.6. The van der Waals surface area contributed by atoms with Crippen molar-refractivity contribution in [3.8, 4) is 0 Å². The van der Waals surface area contributed by atoms with Gasteiger partial charge < -0.3 is 16.2 Å². The van der Waals surface area contributed by atoms with E-state index in [0.29, 0.717) is 25.8 Å². The fraction of sp³-hybridized carbons (Fsp3) is 0.833. The summed E-state index contributed by atoms with van der Waals surface area (Å²) < 4.78 is 0. The monoisotopic (exact) mass is 244 g/mol. The van der Waals surface area contributed by atoms with Crippen molar-refractivity contribution < 1.29 is 14.7 Å². The number of rotatable bonds is 7. The molecule has 0 aliphatic heterocycles. The summed E-state index contributed by atoms with van der Waals surface area (Å²) in [7, 11) is 0. The summed E-state index contributed by atoms with van der Waals surface area (Å²) in [4.78, 5) is 22.6. The number of unbranched alkanes of at least 4 members (excludes halogenated alkanes) is 1. The van der Waals surface area contributed by atoms with E-state index >= 15 is 0 Å². The Morgan fingerprint density at radius 1 is 1.29 bits per heavy atom. The molecule has 0 heterocycles. The van der Waals surface area contributed by atoms with Crippen molar-refractivity contribution >= 4 is 11.9 Å². The van der Waals surface area contributed by atoms with Gasteiger partial charge in [0.25, 0.3) is 0 Å². The van der Waals surface area contributed by atoms with Crippen LogP contribution in [0.5, 0.6) is 0 Å². The number of carboxylic acid groups (broad SMARTS) is 1. The number of carbonyl (C=O) groups excluding carboxylic acids is 1. The summed E-state index contributed by atoms with van der Waals surface area (Å²) in [5.74, 6) is -1.19. The fourth-order valence-corrected chi connectivity index (χ4v) is 1.48. The molecule has 0 rings (SSSR count). The average Bonchev–Trinajstić information content (AvgIpc) is 2.13. The summed E-state index contributed by atoms with van der Waals surface area (Å²) in [6.45, 7) is 6.37. The van der Waals surface area contributed by atoms with E-state index in [0.717, 1.165) is 6.42 Å². The SMILES string of the molecule is CC(C)(C)CC(=O)NC(CCCCN)C(=O)O. The Morgan fingerprint density at radius 2 is 1.88 bits per heavy atom. The van der Waals surface area contributed by atoms with Gasteiger partial charge in [-0.1, -0.05) is 20.8 Å². The fourth-order valence-electron chi connectivity index (χ4n) is 1.48. The lowest BCUT2D eigenvalue weighted by molar-refractivity contribution is -0.142. The second-order valence-electron chi connectivity index (χ2n) is 5.48. The quantitative estimate of drug-likeness (QED) is 0.585. The molecule has 5 heteroatoms. The normalized spacial score (nSPS) is 13.2. The van der Waals surface area contributed by atoms with E-state index in [4.69, 9.17) is 10.8 Å². The van der Waals surface area contributed by atoms with Crippen molar-refractivity contribution in [2.45, 2.75) is 52.5 Å². The van der Waals surface area contributed by atoms with E-state index in [1.54, 1.807) is 0 Å². The largest absolute Gasteiger partial charge is 0.480 e. The lowest BCUT2D eigenvalue weighted by atomic mass is 9.92. The van der Waals surface area contributed by atoms with Crippen LogP contribution < -0.4 is 11.1 Å². The molecule has 0 spiro atoms. The maximum absolute atomic E-state index is 11.6. The van der Waals surface area contributed by atoms with Gasteiger partial charge in [-0.15, -0.1) is 0 Å². The molecule has 1 amide bonds. The van der Waals surface area contributed by atoms with Gasteiger partial charge in [-0.25, -0.2) is 4.79 Å². The number of carboxylic acids is 1. The Kier molecular flexibility index (Phi) is 6.80. The minimum Gasteiger partial charge on any atom is -0.480 e. The second kappa shape index (κ2) is 7.27. The van der Waals surface area contributed by atoms with E-state index < -0.39 is 12.0 Å². The third-order valence-electron chi connectivity index (χ3n) is 2.27. The first-order chi connectivity index (χ1) is 7.76. The first-order valence-corrected chi connectivity index (χ1v) is 5.98. The number of carbonyl (C=O) groups is 2. The summed E-state index contributed by atoms with van der Waals surface area (Å²) in [5, 5.41) is 11.5. The molecule has 0 radical (unpaired) electrons. The summed E-state index contributed by atoms with van der Waals surface area (Å²) in [5.41, 5.74) is 5.21. The molecule has 4 N–H and O–H groups in total. The third-order valence-corrected chi connectivity index (χ3v) is 2.27. The molecule has 0 saturated heterocycles. The molecule has 0 aromatic heterocycles. The van der Waals surface area contributed by atoms with E-state index in [9.17, 15) is 9.59 Å². The number of hydrogen-bond acceptors (Lipinski definition) is 3. The van der Waals surface area contributed by atoms with Crippen LogP contribution in [-0.4, -0.2) is 29.6 Å². The van der Waals surface area contributed by atoms with Gasteiger partial charge >= 0.3 is 5.97 Å². The minimum atomic E-state index is -0.982. The Bertz CT molecular complexity index is 259. The van der Waals surface area contributed by atoms with E-state index in [2.05, 4.69) is 5.32 Å². The van der Waals surface area contributed by atoms with Crippen molar-refractivity contribution in [2.24, 2.45) is 11.1 Å². The van der Waals surface area contributed by atoms with Gasteiger partial charge in [-0.05, 0) is 31.2 Å². The molecule has 0 aliphatic carbocycles. The molecule has 0 aromatic rings. The van der Waals surface area contributed by atoms with Crippen LogP contribution in [-0.2, 0) is 9.59 Å². The van der Waals surface area contributed by atoms with Gasteiger partial charge in [0.05, 0.1) is 0 Å². The van der Waals surface area contributed by atoms with Crippen molar-refractivity contribution in [3.05, 3.63) is 0 Å². The number of amides is 1. The Morgan fingerprint density at radius 3 is 2.29 bits per heavy atom. The van der Waals surface area contributed by atoms with Crippen LogP contribution >= 0.6 is 0 Å². The highest BCUT2D eigenvalue weighted by Crippen LogP contribution is 2.18. The molecule has 0 aliphatic rings. The van der Waals surface area contributed by atoms with Crippen molar-refractivity contribution in [3.63, 3.8) is 0 Å². The van der Waals surface area contributed by atoms with E-state index in [1.165, 1.54) is 0 Å². The van der Waals surface area contributed by atoms with Gasteiger partial charge in [0, 0.05) is 6.42 Å². The van der Waals surface area contributed by atoms with E-state index in [1.807, 2.05) is 20.8 Å². The van der Waals surface area contributed by atoms with Crippen LogP contribution in [0.3, 0.4) is 0 Å². The topological polar surface area (TPSA) is 92.4 Å². The van der Waals surface area contributed by atoms with E-state index in [-0.39, 0.29) is 11.3 Å². The predicted octanol–water partition coefficient (Wildman–Crippen LogP) is 1.12. The van der Waals surface area contributed by atoms with Crippen molar-refractivity contribution in [1.82, 2.24) is 5.32 Å². The first-order valence-electron chi connectivity index (χ1n) is 5.98. The standard InChI is InChI=1S/C12H24N2O3/c1-12(2,3)8-10(15)14-9(11(16)17)6-4-5-7-13/h9H,4-8,13H2,1-3H3,(H,14,15)(H,16,17). The van der Waals surface area contributed by atoms with Crippen LogP contribution in [0, 0.1) is 5.41 Å². The third kappa shape index (κ3) is 8.68. The zero-order valence-corrected chi connectivity index (χ0v) is 11.0. The Hall–Kier alpha value is -1.10. The number of nitrogens with one attached hydrogen (secondary N) is 1. The molecule has 0 aromatic carbocycles. The van der Waals surface area contributed by atoms with Crippen LogP contribution in [0.15, 0.2) is 0 Å². The Labute approximate surface area is 103 Å². The smallest absolute Gasteiger partial charge is 0.326 e.